The van der Waals surface area contributed by atoms with Gasteiger partial charge in [-0.1, -0.05) is 13.5 Å². The van der Waals surface area contributed by atoms with Crippen LogP contribution in [0.4, 0.5) is 0 Å². The fourth-order valence-electron chi connectivity index (χ4n) is 2.87. The summed E-state index contributed by atoms with van der Waals surface area (Å²) in [6, 6.07) is 0. The van der Waals surface area contributed by atoms with Gasteiger partial charge in [-0.2, -0.15) is 0 Å². The number of hydrogen-bond acceptors (Lipinski definition) is 5. The van der Waals surface area contributed by atoms with E-state index in [9.17, 15) is 9.59 Å². The van der Waals surface area contributed by atoms with Crippen molar-refractivity contribution in [3.8, 4) is 0 Å². The van der Waals surface area contributed by atoms with Gasteiger partial charge in [-0.15, -0.1) is 11.6 Å². The van der Waals surface area contributed by atoms with Crippen molar-refractivity contribution in [3.63, 3.8) is 0 Å². The lowest BCUT2D eigenvalue weighted by Crippen LogP contribution is -2.52. The number of ether oxygens (including phenoxy) is 3. The molecule has 0 amide bonds. The van der Waals surface area contributed by atoms with Crippen molar-refractivity contribution in [2.24, 2.45) is 5.92 Å². The molecule has 3 fully saturated rings. The normalized spacial score (nSPS) is 50.2. The summed E-state index contributed by atoms with van der Waals surface area (Å²) in [5, 5.41) is 0. The summed E-state index contributed by atoms with van der Waals surface area (Å²) in [5.41, 5.74) is 0. The number of alkyl halides is 1. The lowest BCUT2D eigenvalue weighted by molar-refractivity contribution is -0.229. The van der Waals surface area contributed by atoms with Gasteiger partial charge in [0.25, 0.3) is 5.79 Å². The highest BCUT2D eigenvalue weighted by Gasteiger charge is 2.80. The second kappa shape index (κ2) is 3.03. The van der Waals surface area contributed by atoms with E-state index in [2.05, 4.69) is 6.58 Å². The monoisotopic (exact) mass is 258 g/mol. The van der Waals surface area contributed by atoms with Crippen LogP contribution in [-0.2, 0) is 23.8 Å². The largest absolute Gasteiger partial charge is 0.418 e. The Kier molecular flexibility index (Phi) is 1.97. The summed E-state index contributed by atoms with van der Waals surface area (Å²) in [5.74, 6) is -2.84. The first kappa shape index (κ1) is 11.0. The number of rotatable bonds is 2. The molecule has 0 aromatic rings. The first-order valence-electron chi connectivity index (χ1n) is 5.37. The molecule has 0 N–H and O–H groups in total. The number of carbonyl (C=O) groups is 2. The van der Waals surface area contributed by atoms with Gasteiger partial charge in [0.05, 0.1) is 12.0 Å². The van der Waals surface area contributed by atoms with Crippen molar-refractivity contribution >= 4 is 23.5 Å². The second-order valence-corrected chi connectivity index (χ2v) is 5.32. The molecule has 3 saturated heterocycles. The zero-order valence-electron chi connectivity index (χ0n) is 9.14. The average Bonchev–Trinajstić information content (AvgIpc) is 2.80. The van der Waals surface area contributed by atoms with E-state index in [-0.39, 0.29) is 12.0 Å². The molecule has 5 unspecified atom stereocenters. The minimum absolute atomic E-state index is 0.221. The van der Waals surface area contributed by atoms with Crippen LogP contribution in [0, 0.1) is 5.92 Å². The molecule has 0 radical (unpaired) electrons. The molecule has 3 heterocycles. The van der Waals surface area contributed by atoms with Crippen LogP contribution in [0.3, 0.4) is 0 Å². The number of hydrogen-bond donors (Lipinski definition) is 0. The first-order chi connectivity index (χ1) is 7.94. The summed E-state index contributed by atoms with van der Waals surface area (Å²) < 4.78 is 16.0. The van der Waals surface area contributed by atoms with Gasteiger partial charge in [0.1, 0.15) is 0 Å². The van der Waals surface area contributed by atoms with Gasteiger partial charge in [0.2, 0.25) is 0 Å². The summed E-state index contributed by atoms with van der Waals surface area (Å²) in [7, 11) is 0. The number of fused-ring (bicyclic) bond motifs is 1. The number of halogens is 1. The molecule has 6 heteroatoms. The van der Waals surface area contributed by atoms with E-state index >= 15 is 0 Å². The predicted molar refractivity (Wildman–Crippen MR) is 56.1 cm³/mol. The van der Waals surface area contributed by atoms with Crippen molar-refractivity contribution in [2.75, 3.05) is 0 Å². The third-order valence-electron chi connectivity index (χ3n) is 3.80. The Morgan fingerprint density at radius 3 is 3.00 bits per heavy atom. The van der Waals surface area contributed by atoms with E-state index in [1.165, 1.54) is 0 Å². The molecule has 2 bridgehead atoms. The molecule has 5 atom stereocenters. The highest BCUT2D eigenvalue weighted by molar-refractivity contribution is 6.35. The van der Waals surface area contributed by atoms with Crippen molar-refractivity contribution < 1.29 is 23.8 Å². The van der Waals surface area contributed by atoms with E-state index in [4.69, 9.17) is 25.8 Å². The van der Waals surface area contributed by atoms with Crippen molar-refractivity contribution in [2.45, 2.75) is 36.2 Å². The number of esters is 2. The maximum absolute atomic E-state index is 11.8. The average molecular weight is 259 g/mol. The van der Waals surface area contributed by atoms with Crippen LogP contribution >= 0.6 is 11.6 Å². The van der Waals surface area contributed by atoms with Crippen LogP contribution in [0.2, 0.25) is 0 Å². The lowest BCUT2D eigenvalue weighted by atomic mass is 9.80. The van der Waals surface area contributed by atoms with Gasteiger partial charge < -0.3 is 14.2 Å². The zero-order valence-corrected chi connectivity index (χ0v) is 9.90. The molecular formula is C11H11ClO5. The van der Waals surface area contributed by atoms with Crippen molar-refractivity contribution in [1.29, 1.82) is 0 Å². The van der Waals surface area contributed by atoms with E-state index in [0.29, 0.717) is 6.42 Å². The van der Waals surface area contributed by atoms with E-state index in [0.717, 1.165) is 6.08 Å². The van der Waals surface area contributed by atoms with Crippen LogP contribution in [0.1, 0.15) is 13.3 Å². The Hall–Kier alpha value is -1.07. The molecule has 92 valence electrons. The standard InChI is InChI=1S/C11H11ClO5/c1-3-7(13)16-11-5(2)6-4-10(12,8(11)15-6)9(14)17-11/h3,5-6,8H,1,4H2,2H3. The minimum atomic E-state index is -1.38. The summed E-state index contributed by atoms with van der Waals surface area (Å²) in [4.78, 5) is 21.9. The molecule has 0 aliphatic carbocycles. The second-order valence-electron chi connectivity index (χ2n) is 4.65. The number of carbonyl (C=O) groups excluding carboxylic acids is 2. The van der Waals surface area contributed by atoms with Gasteiger partial charge >= 0.3 is 11.9 Å². The van der Waals surface area contributed by atoms with Gasteiger partial charge in [0, 0.05) is 12.5 Å². The Morgan fingerprint density at radius 2 is 2.41 bits per heavy atom. The zero-order chi connectivity index (χ0) is 12.4. The highest BCUT2D eigenvalue weighted by Crippen LogP contribution is 2.60. The topological polar surface area (TPSA) is 61.8 Å². The molecule has 3 rings (SSSR count). The molecular weight excluding hydrogens is 248 g/mol. The van der Waals surface area contributed by atoms with Crippen LogP contribution in [0.25, 0.3) is 0 Å². The van der Waals surface area contributed by atoms with Gasteiger partial charge in [-0.25, -0.2) is 9.59 Å². The van der Waals surface area contributed by atoms with Crippen molar-refractivity contribution in [1.82, 2.24) is 0 Å². The van der Waals surface area contributed by atoms with E-state index in [1.54, 1.807) is 0 Å². The van der Waals surface area contributed by atoms with Gasteiger partial charge in [0.15, 0.2) is 11.0 Å². The van der Waals surface area contributed by atoms with Crippen LogP contribution in [-0.4, -0.2) is 34.8 Å². The molecule has 3 aliphatic rings. The molecule has 0 spiro atoms. The Labute approximate surface area is 103 Å². The molecule has 17 heavy (non-hydrogen) atoms. The SMILES string of the molecule is C=CC(=O)OC12OC(=O)C3(Cl)CC(OC31)C2C. The fourth-order valence-corrected chi connectivity index (χ4v) is 3.26. The minimum Gasteiger partial charge on any atom is -0.418 e. The summed E-state index contributed by atoms with van der Waals surface area (Å²) >= 11 is 6.21. The third-order valence-corrected chi connectivity index (χ3v) is 4.31. The fraction of sp³-hybridized carbons (Fsp3) is 0.636. The molecule has 0 saturated carbocycles. The smallest absolute Gasteiger partial charge is 0.333 e. The van der Waals surface area contributed by atoms with E-state index < -0.39 is 28.7 Å². The Bertz CT molecular complexity index is 436. The van der Waals surface area contributed by atoms with Gasteiger partial charge in [-0.05, 0) is 0 Å². The first-order valence-corrected chi connectivity index (χ1v) is 5.75. The summed E-state index contributed by atoms with van der Waals surface area (Å²) in [6.45, 7) is 5.13. The van der Waals surface area contributed by atoms with Gasteiger partial charge in [-0.3, -0.25) is 0 Å². The van der Waals surface area contributed by atoms with E-state index in [1.807, 2.05) is 6.92 Å². The van der Waals surface area contributed by atoms with Crippen LogP contribution in [0.5, 0.6) is 0 Å². The molecule has 5 nitrogen and oxygen atoms in total. The molecule has 0 aromatic carbocycles. The maximum Gasteiger partial charge on any atom is 0.333 e. The predicted octanol–water partition coefficient (Wildman–Crippen LogP) is 0.753. The Balaban J connectivity index is 2.02. The summed E-state index contributed by atoms with van der Waals surface area (Å²) in [6.07, 6.45) is 0.469. The highest BCUT2D eigenvalue weighted by atomic mass is 35.5. The lowest BCUT2D eigenvalue weighted by Gasteiger charge is -2.33. The van der Waals surface area contributed by atoms with Crippen LogP contribution < -0.4 is 0 Å². The maximum atomic E-state index is 11.8. The molecule has 3 aliphatic heterocycles. The van der Waals surface area contributed by atoms with Crippen LogP contribution in [0.15, 0.2) is 12.7 Å². The third kappa shape index (κ3) is 1.09. The van der Waals surface area contributed by atoms with Crippen molar-refractivity contribution in [3.05, 3.63) is 12.7 Å². The Morgan fingerprint density at radius 1 is 1.71 bits per heavy atom. The quantitative estimate of drug-likeness (QED) is 0.416. The molecule has 0 aromatic heterocycles.